The summed E-state index contributed by atoms with van der Waals surface area (Å²) in [5, 5.41) is 22.5. The SMILES string of the molecule is O=C1C(=O)N(CCCN2CCOCC2)C(c2ccc([N+](=O)[O-])cc2)/C1=C(\O)c1ccc(OCc2ccc(F)cc2)cc1. The number of nitro benzene ring substituents is 1. The van der Waals surface area contributed by atoms with Crippen molar-refractivity contribution in [2.45, 2.75) is 19.1 Å². The third-order valence-electron chi connectivity index (χ3n) is 7.38. The molecule has 0 spiro atoms. The van der Waals surface area contributed by atoms with Crippen LogP contribution in [0.2, 0.25) is 0 Å². The molecule has 0 radical (unpaired) electrons. The van der Waals surface area contributed by atoms with E-state index in [1.165, 1.54) is 41.3 Å². The van der Waals surface area contributed by atoms with Crippen LogP contribution in [-0.4, -0.2) is 70.9 Å². The molecule has 2 aliphatic rings. The van der Waals surface area contributed by atoms with E-state index in [0.717, 1.165) is 18.7 Å². The Kier molecular flexibility index (Phi) is 8.89. The van der Waals surface area contributed by atoms with E-state index in [9.17, 15) is 29.2 Å². The average molecular weight is 576 g/mol. The zero-order valence-electron chi connectivity index (χ0n) is 22.8. The van der Waals surface area contributed by atoms with Crippen LogP contribution in [0.15, 0.2) is 78.4 Å². The van der Waals surface area contributed by atoms with Gasteiger partial charge < -0.3 is 19.5 Å². The number of non-ortho nitro benzene ring substituents is 1. The van der Waals surface area contributed by atoms with Crippen molar-refractivity contribution in [3.8, 4) is 5.75 Å². The van der Waals surface area contributed by atoms with Crippen LogP contribution in [0.25, 0.3) is 5.76 Å². The second kappa shape index (κ2) is 12.9. The first-order chi connectivity index (χ1) is 20.3. The van der Waals surface area contributed by atoms with Gasteiger partial charge in [0.2, 0.25) is 0 Å². The van der Waals surface area contributed by atoms with Gasteiger partial charge in [-0.2, -0.15) is 0 Å². The number of halogens is 1. The van der Waals surface area contributed by atoms with E-state index < -0.39 is 22.7 Å². The topological polar surface area (TPSA) is 122 Å². The normalized spacial score (nSPS) is 18.8. The molecule has 1 N–H and O–H groups in total. The Labute approximate surface area is 241 Å². The summed E-state index contributed by atoms with van der Waals surface area (Å²) in [6, 6.07) is 17.1. The molecule has 5 rings (SSSR count). The number of carbonyl (C=O) groups excluding carboxylic acids is 2. The summed E-state index contributed by atoms with van der Waals surface area (Å²) in [7, 11) is 0. The van der Waals surface area contributed by atoms with Crippen molar-refractivity contribution in [1.29, 1.82) is 0 Å². The minimum absolute atomic E-state index is 0.0831. The summed E-state index contributed by atoms with van der Waals surface area (Å²) in [5.41, 5.74) is 1.36. The highest BCUT2D eigenvalue weighted by Crippen LogP contribution is 2.40. The second-order valence-electron chi connectivity index (χ2n) is 10.1. The van der Waals surface area contributed by atoms with Crippen molar-refractivity contribution in [2.24, 2.45) is 0 Å². The standard InChI is InChI=1S/C31H30FN3O7/c32-24-8-2-21(3-9-24)20-42-26-12-6-23(7-13-26)29(36)27-28(22-4-10-25(11-5-22)35(39)40)34(31(38)30(27)37)15-1-14-33-16-18-41-19-17-33/h2-13,28,36H,1,14-20H2/b29-27+. The van der Waals surface area contributed by atoms with Crippen LogP contribution in [-0.2, 0) is 20.9 Å². The summed E-state index contributed by atoms with van der Waals surface area (Å²) in [6.45, 7) is 4.03. The second-order valence-corrected chi connectivity index (χ2v) is 10.1. The van der Waals surface area contributed by atoms with E-state index in [1.807, 2.05) is 0 Å². The number of aliphatic hydroxyl groups is 1. The number of aliphatic hydroxyl groups excluding tert-OH is 1. The van der Waals surface area contributed by atoms with Gasteiger partial charge in [0.15, 0.2) is 0 Å². The zero-order chi connectivity index (χ0) is 29.6. The maximum absolute atomic E-state index is 13.3. The van der Waals surface area contributed by atoms with Crippen molar-refractivity contribution in [1.82, 2.24) is 9.80 Å². The van der Waals surface area contributed by atoms with Gasteiger partial charge in [-0.25, -0.2) is 4.39 Å². The van der Waals surface area contributed by atoms with E-state index in [2.05, 4.69) is 4.90 Å². The van der Waals surface area contributed by atoms with Crippen LogP contribution in [0.4, 0.5) is 10.1 Å². The molecule has 1 unspecified atom stereocenters. The molecule has 2 heterocycles. The van der Waals surface area contributed by atoms with Crippen LogP contribution < -0.4 is 4.74 Å². The Hall–Kier alpha value is -4.61. The summed E-state index contributed by atoms with van der Waals surface area (Å²) in [5.74, 6) is -1.75. The molecule has 218 valence electrons. The number of ether oxygens (including phenoxy) is 2. The van der Waals surface area contributed by atoms with Crippen LogP contribution in [0.1, 0.15) is 29.2 Å². The number of carbonyl (C=O) groups is 2. The molecular weight excluding hydrogens is 545 g/mol. The predicted molar refractivity (Wildman–Crippen MR) is 151 cm³/mol. The Morgan fingerprint density at radius 3 is 2.29 bits per heavy atom. The molecule has 0 aromatic heterocycles. The largest absolute Gasteiger partial charge is 0.507 e. The van der Waals surface area contributed by atoms with Gasteiger partial charge in [0.05, 0.1) is 29.8 Å². The molecule has 0 aliphatic carbocycles. The first-order valence-corrected chi connectivity index (χ1v) is 13.6. The van der Waals surface area contributed by atoms with E-state index in [4.69, 9.17) is 9.47 Å². The van der Waals surface area contributed by atoms with Gasteiger partial charge in [0.1, 0.15) is 23.9 Å². The molecule has 3 aromatic carbocycles. The quantitative estimate of drug-likeness (QED) is 0.124. The van der Waals surface area contributed by atoms with E-state index >= 15 is 0 Å². The number of rotatable bonds is 10. The van der Waals surface area contributed by atoms with E-state index in [-0.39, 0.29) is 36.0 Å². The number of hydrogen-bond donors (Lipinski definition) is 1. The van der Waals surface area contributed by atoms with Crippen molar-refractivity contribution in [3.63, 3.8) is 0 Å². The lowest BCUT2D eigenvalue weighted by Gasteiger charge is -2.29. The third kappa shape index (κ3) is 6.48. The van der Waals surface area contributed by atoms with Gasteiger partial charge in [0.25, 0.3) is 17.4 Å². The number of morpholine rings is 1. The number of amides is 1. The summed E-state index contributed by atoms with van der Waals surface area (Å²) in [4.78, 5) is 40.9. The average Bonchev–Trinajstić information content (AvgIpc) is 3.26. The summed E-state index contributed by atoms with van der Waals surface area (Å²) < 4.78 is 24.3. The molecule has 0 saturated carbocycles. The van der Waals surface area contributed by atoms with Crippen molar-refractivity contribution in [2.75, 3.05) is 39.4 Å². The molecule has 2 saturated heterocycles. The monoisotopic (exact) mass is 575 g/mol. The van der Waals surface area contributed by atoms with Crippen molar-refractivity contribution < 1.29 is 33.5 Å². The molecular formula is C31H30FN3O7. The lowest BCUT2D eigenvalue weighted by molar-refractivity contribution is -0.384. The molecule has 42 heavy (non-hydrogen) atoms. The number of hydrogen-bond acceptors (Lipinski definition) is 8. The molecule has 3 aromatic rings. The number of ketones is 1. The van der Waals surface area contributed by atoms with Gasteiger partial charge in [-0.1, -0.05) is 12.1 Å². The third-order valence-corrected chi connectivity index (χ3v) is 7.38. The van der Waals surface area contributed by atoms with Crippen LogP contribution in [0, 0.1) is 15.9 Å². The van der Waals surface area contributed by atoms with Gasteiger partial charge in [0, 0.05) is 43.9 Å². The van der Waals surface area contributed by atoms with Gasteiger partial charge in [-0.15, -0.1) is 0 Å². The lowest BCUT2D eigenvalue weighted by atomic mass is 9.95. The Balaban J connectivity index is 1.40. The fraction of sp³-hybridized carbons (Fsp3) is 0.290. The molecule has 2 fully saturated rings. The Bertz CT molecular complexity index is 1470. The van der Waals surface area contributed by atoms with E-state index in [1.54, 1.807) is 36.4 Å². The highest BCUT2D eigenvalue weighted by atomic mass is 19.1. The summed E-state index contributed by atoms with van der Waals surface area (Å²) in [6.07, 6.45) is 0.594. The molecule has 1 amide bonds. The van der Waals surface area contributed by atoms with Crippen molar-refractivity contribution >= 4 is 23.1 Å². The number of nitrogens with zero attached hydrogens (tertiary/aromatic N) is 3. The van der Waals surface area contributed by atoms with E-state index in [0.29, 0.717) is 43.1 Å². The van der Waals surface area contributed by atoms with Gasteiger partial charge >= 0.3 is 0 Å². The van der Waals surface area contributed by atoms with Crippen LogP contribution >= 0.6 is 0 Å². The first-order valence-electron chi connectivity index (χ1n) is 13.6. The smallest absolute Gasteiger partial charge is 0.295 e. The number of nitro groups is 1. The molecule has 10 nitrogen and oxygen atoms in total. The van der Waals surface area contributed by atoms with Crippen LogP contribution in [0.5, 0.6) is 5.75 Å². The number of likely N-dealkylation sites (tertiary alicyclic amines) is 1. The number of benzene rings is 3. The fourth-order valence-corrected chi connectivity index (χ4v) is 5.14. The van der Waals surface area contributed by atoms with Gasteiger partial charge in [-0.3, -0.25) is 24.6 Å². The zero-order valence-corrected chi connectivity index (χ0v) is 22.8. The Morgan fingerprint density at radius 1 is 0.976 bits per heavy atom. The van der Waals surface area contributed by atoms with Crippen molar-refractivity contribution in [3.05, 3.63) is 111 Å². The minimum atomic E-state index is -0.912. The minimum Gasteiger partial charge on any atom is -0.507 e. The predicted octanol–water partition coefficient (Wildman–Crippen LogP) is 4.46. The molecule has 11 heteroatoms. The van der Waals surface area contributed by atoms with Gasteiger partial charge in [-0.05, 0) is 66.1 Å². The lowest BCUT2D eigenvalue weighted by Crippen LogP contribution is -2.38. The Morgan fingerprint density at radius 2 is 1.64 bits per heavy atom. The molecule has 2 aliphatic heterocycles. The first kappa shape index (κ1) is 28.9. The highest BCUT2D eigenvalue weighted by molar-refractivity contribution is 6.46. The summed E-state index contributed by atoms with van der Waals surface area (Å²) >= 11 is 0. The highest BCUT2D eigenvalue weighted by Gasteiger charge is 2.46. The molecule has 1 atom stereocenters. The maximum Gasteiger partial charge on any atom is 0.295 e. The van der Waals surface area contributed by atoms with Crippen LogP contribution in [0.3, 0.4) is 0 Å². The maximum atomic E-state index is 13.3. The number of Topliss-reactive ketones (excluding diaryl/α,β-unsaturated/α-hetero) is 1. The molecule has 0 bridgehead atoms. The fourth-order valence-electron chi connectivity index (χ4n) is 5.14.